The fourth-order valence-corrected chi connectivity index (χ4v) is 2.13. The van der Waals surface area contributed by atoms with E-state index in [1.165, 1.54) is 31.0 Å². The Morgan fingerprint density at radius 3 is 3.12 bits per heavy atom. The third kappa shape index (κ3) is 3.30. The first-order valence-electron chi connectivity index (χ1n) is 5.83. The minimum atomic E-state index is -0.151. The van der Waals surface area contributed by atoms with E-state index in [4.69, 9.17) is 11.6 Å². The molecule has 0 atom stereocenters. The van der Waals surface area contributed by atoms with Gasteiger partial charge in [0.25, 0.3) is 5.91 Å². The van der Waals surface area contributed by atoms with Crippen molar-refractivity contribution in [1.82, 2.24) is 10.3 Å². The van der Waals surface area contributed by atoms with Crippen LogP contribution in [0.15, 0.2) is 30.1 Å². The van der Waals surface area contributed by atoms with Gasteiger partial charge in [0.05, 0.1) is 10.6 Å². The molecule has 1 heterocycles. The molecule has 1 aliphatic carbocycles. The van der Waals surface area contributed by atoms with E-state index in [-0.39, 0.29) is 5.91 Å². The fraction of sp³-hybridized carbons (Fsp3) is 0.385. The highest BCUT2D eigenvalue weighted by atomic mass is 35.5. The molecule has 0 unspecified atom stereocenters. The summed E-state index contributed by atoms with van der Waals surface area (Å²) in [4.78, 5) is 15.7. The number of hydrogen-bond acceptors (Lipinski definition) is 2. The quantitative estimate of drug-likeness (QED) is 0.835. The van der Waals surface area contributed by atoms with Crippen molar-refractivity contribution < 1.29 is 4.79 Å². The molecule has 3 nitrogen and oxygen atoms in total. The summed E-state index contributed by atoms with van der Waals surface area (Å²) in [7, 11) is 0. The van der Waals surface area contributed by atoms with E-state index in [0.717, 1.165) is 6.42 Å². The van der Waals surface area contributed by atoms with Crippen molar-refractivity contribution in [2.24, 2.45) is 0 Å². The molecule has 0 saturated carbocycles. The topological polar surface area (TPSA) is 42.0 Å². The van der Waals surface area contributed by atoms with E-state index in [1.807, 2.05) is 0 Å². The summed E-state index contributed by atoms with van der Waals surface area (Å²) in [6.07, 6.45) is 9.86. The standard InChI is InChI=1S/C13H15ClN2O/c14-12-6-7-15-9-11(12)13(17)16-8-5-10-3-1-2-4-10/h3,6-7,9H,1-2,4-5,8H2,(H,16,17). The number of halogens is 1. The van der Waals surface area contributed by atoms with E-state index in [0.29, 0.717) is 17.1 Å². The lowest BCUT2D eigenvalue weighted by molar-refractivity contribution is 0.0954. The Labute approximate surface area is 106 Å². The molecular weight excluding hydrogens is 236 g/mol. The minimum Gasteiger partial charge on any atom is -0.352 e. The fourth-order valence-electron chi connectivity index (χ4n) is 1.94. The average molecular weight is 251 g/mol. The highest BCUT2D eigenvalue weighted by Crippen LogP contribution is 2.20. The normalized spacial score (nSPS) is 14.5. The molecule has 2 rings (SSSR count). The summed E-state index contributed by atoms with van der Waals surface area (Å²) in [5.74, 6) is -0.151. The zero-order valence-corrected chi connectivity index (χ0v) is 10.3. The van der Waals surface area contributed by atoms with E-state index in [9.17, 15) is 4.79 Å². The number of carbonyl (C=O) groups is 1. The zero-order valence-electron chi connectivity index (χ0n) is 9.58. The maximum absolute atomic E-state index is 11.8. The Morgan fingerprint density at radius 2 is 2.41 bits per heavy atom. The third-order valence-corrected chi connectivity index (χ3v) is 3.21. The molecule has 0 bridgehead atoms. The van der Waals surface area contributed by atoms with Crippen LogP contribution in [0.25, 0.3) is 0 Å². The first kappa shape index (κ1) is 12.1. The summed E-state index contributed by atoms with van der Waals surface area (Å²) in [6.45, 7) is 0.663. The van der Waals surface area contributed by atoms with Gasteiger partial charge < -0.3 is 5.32 Å². The minimum absolute atomic E-state index is 0.151. The second-order valence-corrected chi connectivity index (χ2v) is 4.52. The lowest BCUT2D eigenvalue weighted by Crippen LogP contribution is -2.25. The molecule has 0 fully saturated rings. The molecule has 0 radical (unpaired) electrons. The van der Waals surface area contributed by atoms with Crippen LogP contribution in [0.4, 0.5) is 0 Å². The Balaban J connectivity index is 1.83. The van der Waals surface area contributed by atoms with Gasteiger partial charge in [-0.05, 0) is 31.7 Å². The summed E-state index contributed by atoms with van der Waals surface area (Å²) in [5.41, 5.74) is 1.89. The van der Waals surface area contributed by atoms with E-state index in [1.54, 1.807) is 12.3 Å². The van der Waals surface area contributed by atoms with Crippen molar-refractivity contribution in [3.05, 3.63) is 40.7 Å². The SMILES string of the molecule is O=C(NCCC1=CCCC1)c1cnccc1Cl. The number of nitrogens with zero attached hydrogens (tertiary/aromatic N) is 1. The maximum Gasteiger partial charge on any atom is 0.254 e. The molecule has 1 aromatic heterocycles. The van der Waals surface area contributed by atoms with Crippen LogP contribution in [0.1, 0.15) is 36.0 Å². The smallest absolute Gasteiger partial charge is 0.254 e. The number of carbonyl (C=O) groups excluding carboxylic acids is 1. The molecule has 1 N–H and O–H groups in total. The number of aromatic nitrogens is 1. The molecule has 1 amide bonds. The van der Waals surface area contributed by atoms with Crippen molar-refractivity contribution in [2.75, 3.05) is 6.54 Å². The van der Waals surface area contributed by atoms with Crippen LogP contribution in [0, 0.1) is 0 Å². The van der Waals surface area contributed by atoms with E-state index in [2.05, 4.69) is 16.4 Å². The van der Waals surface area contributed by atoms with Crippen LogP contribution in [0.3, 0.4) is 0 Å². The van der Waals surface area contributed by atoms with E-state index >= 15 is 0 Å². The third-order valence-electron chi connectivity index (χ3n) is 2.88. The molecular formula is C13H15ClN2O. The summed E-state index contributed by atoms with van der Waals surface area (Å²) in [6, 6.07) is 1.62. The number of hydrogen-bond donors (Lipinski definition) is 1. The predicted molar refractivity (Wildman–Crippen MR) is 68.1 cm³/mol. The van der Waals surface area contributed by atoms with Crippen molar-refractivity contribution in [3.8, 4) is 0 Å². The molecule has 0 spiro atoms. The molecule has 0 saturated heterocycles. The largest absolute Gasteiger partial charge is 0.352 e. The summed E-state index contributed by atoms with van der Waals surface area (Å²) < 4.78 is 0. The lowest BCUT2D eigenvalue weighted by atomic mass is 10.1. The second-order valence-electron chi connectivity index (χ2n) is 4.12. The number of pyridine rings is 1. The molecule has 1 aromatic rings. The highest BCUT2D eigenvalue weighted by Gasteiger charge is 2.10. The van der Waals surface area contributed by atoms with Gasteiger partial charge in [0, 0.05) is 18.9 Å². The van der Waals surface area contributed by atoms with Crippen molar-refractivity contribution in [1.29, 1.82) is 0 Å². The summed E-state index contributed by atoms with van der Waals surface area (Å²) >= 11 is 5.91. The van der Waals surface area contributed by atoms with Crippen LogP contribution >= 0.6 is 11.6 Å². The van der Waals surface area contributed by atoms with Gasteiger partial charge in [-0.15, -0.1) is 0 Å². The van der Waals surface area contributed by atoms with Gasteiger partial charge in [-0.2, -0.15) is 0 Å². The van der Waals surface area contributed by atoms with Crippen LogP contribution in [0.2, 0.25) is 5.02 Å². The van der Waals surface area contributed by atoms with Crippen LogP contribution in [-0.4, -0.2) is 17.4 Å². The van der Waals surface area contributed by atoms with Crippen LogP contribution < -0.4 is 5.32 Å². The Kier molecular flexibility index (Phi) is 4.15. The molecule has 0 aromatic carbocycles. The van der Waals surface area contributed by atoms with Gasteiger partial charge >= 0.3 is 0 Å². The van der Waals surface area contributed by atoms with Crippen molar-refractivity contribution in [3.63, 3.8) is 0 Å². The van der Waals surface area contributed by atoms with Gasteiger partial charge in [0.1, 0.15) is 0 Å². The van der Waals surface area contributed by atoms with Crippen LogP contribution in [0.5, 0.6) is 0 Å². The average Bonchev–Trinajstić information content (AvgIpc) is 2.82. The van der Waals surface area contributed by atoms with Crippen LogP contribution in [-0.2, 0) is 0 Å². The Morgan fingerprint density at radius 1 is 1.53 bits per heavy atom. The molecule has 17 heavy (non-hydrogen) atoms. The van der Waals surface area contributed by atoms with Gasteiger partial charge in [-0.1, -0.05) is 23.3 Å². The monoisotopic (exact) mass is 250 g/mol. The highest BCUT2D eigenvalue weighted by molar-refractivity contribution is 6.33. The number of amides is 1. The van der Waals surface area contributed by atoms with E-state index < -0.39 is 0 Å². The number of allylic oxidation sites excluding steroid dienone is 1. The van der Waals surface area contributed by atoms with Crippen molar-refractivity contribution in [2.45, 2.75) is 25.7 Å². The van der Waals surface area contributed by atoms with Gasteiger partial charge in [0.2, 0.25) is 0 Å². The molecule has 0 aliphatic heterocycles. The van der Waals surface area contributed by atoms with Gasteiger partial charge in [0.15, 0.2) is 0 Å². The zero-order chi connectivity index (χ0) is 12.1. The first-order valence-corrected chi connectivity index (χ1v) is 6.21. The Hall–Kier alpha value is -1.35. The second kappa shape index (κ2) is 5.82. The predicted octanol–water partition coefficient (Wildman–Crippen LogP) is 2.97. The maximum atomic E-state index is 11.8. The first-order chi connectivity index (χ1) is 8.27. The number of rotatable bonds is 4. The van der Waals surface area contributed by atoms with Gasteiger partial charge in [-0.3, -0.25) is 9.78 Å². The molecule has 1 aliphatic rings. The Bertz CT molecular complexity index is 443. The lowest BCUT2D eigenvalue weighted by Gasteiger charge is -2.06. The number of nitrogens with one attached hydrogen (secondary N) is 1. The molecule has 90 valence electrons. The summed E-state index contributed by atoms with van der Waals surface area (Å²) in [5, 5.41) is 3.30. The van der Waals surface area contributed by atoms with Gasteiger partial charge in [-0.25, -0.2) is 0 Å². The molecule has 4 heteroatoms. The van der Waals surface area contributed by atoms with Crippen molar-refractivity contribution >= 4 is 17.5 Å².